The van der Waals surface area contributed by atoms with Gasteiger partial charge in [0.1, 0.15) is 0 Å². The summed E-state index contributed by atoms with van der Waals surface area (Å²) in [5, 5.41) is 3.14. The van der Waals surface area contributed by atoms with Crippen LogP contribution in [0.4, 0.5) is 5.69 Å². The van der Waals surface area contributed by atoms with E-state index in [1.807, 2.05) is 31.2 Å². The lowest BCUT2D eigenvalue weighted by Gasteiger charge is -2.09. The summed E-state index contributed by atoms with van der Waals surface area (Å²) in [6.45, 7) is 3.77. The van der Waals surface area contributed by atoms with Crippen LogP contribution in [0, 0.1) is 6.92 Å². The van der Waals surface area contributed by atoms with Crippen LogP contribution in [-0.4, -0.2) is 11.6 Å². The maximum atomic E-state index is 12.4. The van der Waals surface area contributed by atoms with Gasteiger partial charge in [0.05, 0.1) is 5.57 Å². The summed E-state index contributed by atoms with van der Waals surface area (Å²) in [5.41, 5.74) is 3.82. The molecule has 1 aliphatic carbocycles. The van der Waals surface area contributed by atoms with Crippen LogP contribution in [-0.2, 0) is 0 Å². The lowest BCUT2D eigenvalue weighted by molar-refractivity contribution is 0.0987. The molecule has 0 heterocycles. The number of fused-ring (bicyclic) bond motifs is 1. The number of allylic oxidation sites excluding steroid dienone is 2. The Morgan fingerprint density at radius 2 is 1.38 bits per heavy atom. The molecule has 0 atom stereocenters. The van der Waals surface area contributed by atoms with Crippen LogP contribution in [0.5, 0.6) is 0 Å². The summed E-state index contributed by atoms with van der Waals surface area (Å²) >= 11 is 0. The molecule has 0 unspecified atom stereocenters. The number of aryl methyl sites for hydroxylation is 1. The van der Waals surface area contributed by atoms with E-state index in [0.29, 0.717) is 16.8 Å². The average molecular weight is 277 g/mol. The Kier molecular flexibility index (Phi) is 3.18. The van der Waals surface area contributed by atoms with Crippen molar-refractivity contribution in [2.24, 2.45) is 0 Å². The molecule has 2 aromatic rings. The van der Waals surface area contributed by atoms with E-state index >= 15 is 0 Å². The van der Waals surface area contributed by atoms with Crippen LogP contribution < -0.4 is 5.32 Å². The zero-order valence-corrected chi connectivity index (χ0v) is 11.9. The fraction of sp³-hybridized carbons (Fsp3) is 0.111. The molecule has 0 saturated carbocycles. The van der Waals surface area contributed by atoms with Gasteiger partial charge in [-0.25, -0.2) is 0 Å². The molecule has 0 fully saturated rings. The summed E-state index contributed by atoms with van der Waals surface area (Å²) in [7, 11) is 0. The van der Waals surface area contributed by atoms with E-state index in [1.54, 1.807) is 31.2 Å². The number of Topliss-reactive ketones (excluding diaryl/α,β-unsaturated/α-hetero) is 2. The molecule has 21 heavy (non-hydrogen) atoms. The minimum Gasteiger partial charge on any atom is -0.358 e. The van der Waals surface area contributed by atoms with E-state index < -0.39 is 0 Å². The molecule has 0 aromatic heterocycles. The van der Waals surface area contributed by atoms with Gasteiger partial charge >= 0.3 is 0 Å². The van der Waals surface area contributed by atoms with Crippen molar-refractivity contribution >= 4 is 17.3 Å². The normalized spacial score (nSPS) is 13.3. The van der Waals surface area contributed by atoms with Crippen molar-refractivity contribution in [2.45, 2.75) is 13.8 Å². The highest BCUT2D eigenvalue weighted by Crippen LogP contribution is 2.28. The Labute approximate surface area is 123 Å². The van der Waals surface area contributed by atoms with Crippen LogP contribution >= 0.6 is 0 Å². The van der Waals surface area contributed by atoms with Gasteiger partial charge in [-0.1, -0.05) is 42.0 Å². The smallest absolute Gasteiger partial charge is 0.199 e. The molecule has 0 aliphatic heterocycles. The van der Waals surface area contributed by atoms with Gasteiger partial charge in [-0.15, -0.1) is 0 Å². The first-order chi connectivity index (χ1) is 10.1. The third-order valence-electron chi connectivity index (χ3n) is 3.63. The Bertz CT molecular complexity index is 733. The van der Waals surface area contributed by atoms with Crippen molar-refractivity contribution < 1.29 is 9.59 Å². The first kappa shape index (κ1) is 13.3. The van der Waals surface area contributed by atoms with Crippen molar-refractivity contribution in [3.05, 3.63) is 76.5 Å². The number of carbonyl (C=O) groups excluding carboxylic acids is 2. The number of rotatable bonds is 2. The monoisotopic (exact) mass is 277 g/mol. The largest absolute Gasteiger partial charge is 0.358 e. The lowest BCUT2D eigenvalue weighted by Crippen LogP contribution is -2.09. The zero-order chi connectivity index (χ0) is 15.0. The molecule has 3 heteroatoms. The number of hydrogen-bond donors (Lipinski definition) is 1. The molecule has 0 spiro atoms. The van der Waals surface area contributed by atoms with E-state index in [4.69, 9.17) is 0 Å². The molecular formula is C18H15NO2. The third-order valence-corrected chi connectivity index (χ3v) is 3.63. The highest BCUT2D eigenvalue weighted by atomic mass is 16.2. The van der Waals surface area contributed by atoms with E-state index in [1.165, 1.54) is 0 Å². The van der Waals surface area contributed by atoms with Crippen LogP contribution in [0.3, 0.4) is 0 Å². The average Bonchev–Trinajstić information content (AvgIpc) is 2.74. The topological polar surface area (TPSA) is 46.2 Å². The molecule has 3 nitrogen and oxygen atoms in total. The molecule has 0 amide bonds. The second-order valence-corrected chi connectivity index (χ2v) is 5.19. The van der Waals surface area contributed by atoms with Gasteiger partial charge in [0.25, 0.3) is 0 Å². The maximum absolute atomic E-state index is 12.4. The summed E-state index contributed by atoms with van der Waals surface area (Å²) in [6.07, 6.45) is 0. The molecule has 3 rings (SSSR count). The minimum absolute atomic E-state index is 0.201. The van der Waals surface area contributed by atoms with Gasteiger partial charge in [0.2, 0.25) is 0 Å². The molecule has 0 bridgehead atoms. The number of benzene rings is 2. The van der Waals surface area contributed by atoms with Gasteiger partial charge in [0.15, 0.2) is 11.6 Å². The summed E-state index contributed by atoms with van der Waals surface area (Å²) in [6, 6.07) is 14.8. The summed E-state index contributed by atoms with van der Waals surface area (Å²) < 4.78 is 0. The molecule has 1 aliphatic rings. The van der Waals surface area contributed by atoms with Crippen LogP contribution in [0.15, 0.2) is 59.8 Å². The highest BCUT2D eigenvalue weighted by molar-refractivity contribution is 6.39. The second-order valence-electron chi connectivity index (χ2n) is 5.19. The standard InChI is InChI=1S/C18H15NO2/c1-11-7-9-13(10-8-11)19-12(2)16-17(20)14-5-3-4-6-15(14)18(16)21/h3-10,19H,1-2H3. The van der Waals surface area contributed by atoms with E-state index in [2.05, 4.69) is 5.32 Å². The number of ketones is 2. The lowest BCUT2D eigenvalue weighted by atomic mass is 10.1. The van der Waals surface area contributed by atoms with Crippen molar-refractivity contribution in [3.8, 4) is 0 Å². The first-order valence-electron chi connectivity index (χ1n) is 6.81. The van der Waals surface area contributed by atoms with E-state index in [9.17, 15) is 9.59 Å². The van der Waals surface area contributed by atoms with Crippen LogP contribution in [0.1, 0.15) is 33.2 Å². The molecular weight excluding hydrogens is 262 g/mol. The molecule has 104 valence electrons. The molecule has 1 N–H and O–H groups in total. The van der Waals surface area contributed by atoms with Gasteiger partial charge in [-0.2, -0.15) is 0 Å². The van der Waals surface area contributed by atoms with Crippen LogP contribution in [0.2, 0.25) is 0 Å². The third kappa shape index (κ3) is 2.27. The van der Waals surface area contributed by atoms with E-state index in [-0.39, 0.29) is 17.1 Å². The Balaban J connectivity index is 1.98. The van der Waals surface area contributed by atoms with Crippen LogP contribution in [0.25, 0.3) is 0 Å². The quantitative estimate of drug-likeness (QED) is 0.671. The fourth-order valence-corrected chi connectivity index (χ4v) is 2.51. The fourth-order valence-electron chi connectivity index (χ4n) is 2.51. The number of nitrogens with one attached hydrogen (secondary N) is 1. The van der Waals surface area contributed by atoms with Gasteiger partial charge in [-0.05, 0) is 26.0 Å². The van der Waals surface area contributed by atoms with Crippen molar-refractivity contribution in [1.82, 2.24) is 0 Å². The molecule has 2 aromatic carbocycles. The first-order valence-corrected chi connectivity index (χ1v) is 6.81. The zero-order valence-electron chi connectivity index (χ0n) is 11.9. The number of hydrogen-bond acceptors (Lipinski definition) is 3. The predicted octanol–water partition coefficient (Wildman–Crippen LogP) is 3.76. The van der Waals surface area contributed by atoms with Gasteiger partial charge in [0, 0.05) is 22.5 Å². The van der Waals surface area contributed by atoms with Crippen molar-refractivity contribution in [1.29, 1.82) is 0 Å². The van der Waals surface area contributed by atoms with Gasteiger partial charge in [-0.3, -0.25) is 9.59 Å². The predicted molar refractivity (Wildman–Crippen MR) is 82.6 cm³/mol. The summed E-state index contributed by atoms with van der Waals surface area (Å²) in [5.74, 6) is -0.402. The Hall–Kier alpha value is -2.68. The minimum atomic E-state index is -0.201. The maximum Gasteiger partial charge on any atom is 0.199 e. The second kappa shape index (κ2) is 5.02. The number of anilines is 1. The van der Waals surface area contributed by atoms with Crippen molar-refractivity contribution in [3.63, 3.8) is 0 Å². The molecule has 0 radical (unpaired) electrons. The number of carbonyl (C=O) groups is 2. The molecule has 0 saturated heterocycles. The van der Waals surface area contributed by atoms with Crippen molar-refractivity contribution in [2.75, 3.05) is 5.32 Å². The Morgan fingerprint density at radius 1 is 0.857 bits per heavy atom. The Morgan fingerprint density at radius 3 is 1.90 bits per heavy atom. The SMILES string of the molecule is CC(Nc1ccc(C)cc1)=C1C(=O)c2ccccc2C1=O. The summed E-state index contributed by atoms with van der Waals surface area (Å²) in [4.78, 5) is 24.7. The van der Waals surface area contributed by atoms with E-state index in [0.717, 1.165) is 11.3 Å². The van der Waals surface area contributed by atoms with Gasteiger partial charge < -0.3 is 5.32 Å². The highest BCUT2D eigenvalue weighted by Gasteiger charge is 2.34.